The van der Waals surface area contributed by atoms with Crippen molar-refractivity contribution < 1.29 is 9.26 Å². The number of nitrogens with zero attached hydrogens (tertiary/aromatic N) is 2. The van der Waals surface area contributed by atoms with Gasteiger partial charge in [0.25, 0.3) is 5.89 Å². The van der Waals surface area contributed by atoms with Crippen LogP contribution in [0.2, 0.25) is 0 Å². The lowest BCUT2D eigenvalue weighted by Crippen LogP contribution is -2.34. The minimum Gasteiger partial charge on any atom is -0.488 e. The molecule has 27 heavy (non-hydrogen) atoms. The fourth-order valence-corrected chi connectivity index (χ4v) is 3.46. The summed E-state index contributed by atoms with van der Waals surface area (Å²) >= 11 is 0. The normalized spacial score (nSPS) is 15.3. The third kappa shape index (κ3) is 3.99. The molecule has 1 saturated carbocycles. The van der Waals surface area contributed by atoms with Crippen molar-refractivity contribution in [3.05, 3.63) is 65.5 Å². The quantitative estimate of drug-likeness (QED) is 0.684. The molecule has 2 N–H and O–H groups in total. The molecule has 0 unspecified atom stereocenters. The Bertz CT molecular complexity index is 904. The monoisotopic (exact) mass is 385 g/mol. The predicted octanol–water partition coefficient (Wildman–Crippen LogP) is 4.77. The van der Waals surface area contributed by atoms with E-state index in [1.54, 1.807) is 0 Å². The molecule has 2 aromatic carbocycles. The summed E-state index contributed by atoms with van der Waals surface area (Å²) in [4.78, 5) is 4.58. The maximum absolute atomic E-state index is 6.44. The van der Waals surface area contributed by atoms with Crippen molar-refractivity contribution in [2.45, 2.75) is 44.8 Å². The van der Waals surface area contributed by atoms with E-state index in [0.29, 0.717) is 18.3 Å². The van der Waals surface area contributed by atoms with Gasteiger partial charge in [0.1, 0.15) is 12.4 Å². The summed E-state index contributed by atoms with van der Waals surface area (Å²) in [7, 11) is 0. The van der Waals surface area contributed by atoms with E-state index in [9.17, 15) is 0 Å². The van der Waals surface area contributed by atoms with Gasteiger partial charge in [0.2, 0.25) is 0 Å². The zero-order valence-corrected chi connectivity index (χ0v) is 16.2. The van der Waals surface area contributed by atoms with E-state index in [1.807, 2.05) is 36.4 Å². The van der Waals surface area contributed by atoms with Gasteiger partial charge in [-0.2, -0.15) is 4.98 Å². The summed E-state index contributed by atoms with van der Waals surface area (Å²) in [5, 5.41) is 4.15. The van der Waals surface area contributed by atoms with Crippen molar-refractivity contribution in [2.24, 2.45) is 5.73 Å². The Morgan fingerprint density at radius 2 is 1.78 bits per heavy atom. The molecule has 5 nitrogen and oxygen atoms in total. The molecular formula is C21H24ClN3O2. The molecule has 0 radical (unpaired) electrons. The number of ether oxygens (including phenoxy) is 1. The molecule has 1 fully saturated rings. The highest BCUT2D eigenvalue weighted by atomic mass is 35.5. The van der Waals surface area contributed by atoms with Crippen LogP contribution in [0.25, 0.3) is 11.5 Å². The Morgan fingerprint density at radius 3 is 2.56 bits per heavy atom. The van der Waals surface area contributed by atoms with Crippen molar-refractivity contribution in [3.8, 4) is 17.2 Å². The molecule has 4 rings (SSSR count). The fraction of sp³-hybridized carbons (Fsp3) is 0.333. The first-order chi connectivity index (χ1) is 12.7. The number of rotatable bonds is 5. The number of halogens is 1. The molecule has 6 heteroatoms. The topological polar surface area (TPSA) is 74.2 Å². The van der Waals surface area contributed by atoms with Crippen LogP contribution >= 0.6 is 12.4 Å². The highest BCUT2D eigenvalue weighted by Gasteiger charge is 2.36. The average molecular weight is 386 g/mol. The minimum absolute atomic E-state index is 0. The lowest BCUT2D eigenvalue weighted by atomic mass is 9.99. The van der Waals surface area contributed by atoms with Crippen molar-refractivity contribution in [2.75, 3.05) is 0 Å². The van der Waals surface area contributed by atoms with Crippen molar-refractivity contribution in [1.29, 1.82) is 0 Å². The van der Waals surface area contributed by atoms with Gasteiger partial charge in [-0.3, -0.25) is 0 Å². The van der Waals surface area contributed by atoms with Crippen LogP contribution in [-0.4, -0.2) is 10.1 Å². The van der Waals surface area contributed by atoms with E-state index in [4.69, 9.17) is 15.0 Å². The second-order valence-electron chi connectivity index (χ2n) is 7.00. The zero-order valence-electron chi connectivity index (χ0n) is 15.4. The molecular weight excluding hydrogens is 362 g/mol. The zero-order chi connectivity index (χ0) is 18.0. The van der Waals surface area contributed by atoms with Gasteiger partial charge >= 0.3 is 0 Å². The van der Waals surface area contributed by atoms with Crippen LogP contribution in [0.5, 0.6) is 5.75 Å². The smallest absolute Gasteiger partial charge is 0.261 e. The molecule has 0 saturated heterocycles. The second-order valence-corrected chi connectivity index (χ2v) is 7.00. The van der Waals surface area contributed by atoms with E-state index in [0.717, 1.165) is 42.6 Å². The fourth-order valence-electron chi connectivity index (χ4n) is 3.46. The summed E-state index contributed by atoms with van der Waals surface area (Å²) in [6.07, 6.45) is 4.02. The Balaban J connectivity index is 0.00000210. The molecule has 3 aromatic rings. The van der Waals surface area contributed by atoms with Gasteiger partial charge in [0.05, 0.1) is 11.1 Å². The Hall–Kier alpha value is -2.37. The molecule has 0 spiro atoms. The molecule has 0 bridgehead atoms. The molecule has 0 atom stereocenters. The summed E-state index contributed by atoms with van der Waals surface area (Å²) < 4.78 is 11.6. The van der Waals surface area contributed by atoms with Crippen LogP contribution in [0.1, 0.15) is 42.6 Å². The standard InChI is InChI=1S/C21H23N3O2.ClH/c1-15-8-2-3-9-16(15)14-25-18-11-5-4-10-17(18)19-23-20(24-26-19)21(22)12-6-7-13-21;/h2-5,8-11H,6-7,12-14,22H2,1H3;1H. The van der Waals surface area contributed by atoms with Crippen molar-refractivity contribution in [3.63, 3.8) is 0 Å². The van der Waals surface area contributed by atoms with Crippen LogP contribution in [0.15, 0.2) is 53.1 Å². The Morgan fingerprint density at radius 1 is 1.07 bits per heavy atom. The van der Waals surface area contributed by atoms with Crippen LogP contribution < -0.4 is 10.5 Å². The number of para-hydroxylation sites is 1. The maximum atomic E-state index is 6.44. The second kappa shape index (κ2) is 8.11. The number of nitrogens with two attached hydrogens (primary N) is 1. The summed E-state index contributed by atoms with van der Waals surface area (Å²) in [5.41, 5.74) is 9.14. The third-order valence-corrected chi connectivity index (χ3v) is 5.13. The first-order valence-electron chi connectivity index (χ1n) is 9.05. The molecule has 0 aliphatic heterocycles. The van der Waals surface area contributed by atoms with Gasteiger partial charge in [-0.15, -0.1) is 12.4 Å². The Kier molecular flexibility index (Phi) is 5.82. The Labute approximate surface area is 165 Å². The molecule has 1 aliphatic rings. The van der Waals surface area contributed by atoms with E-state index < -0.39 is 5.54 Å². The summed E-state index contributed by atoms with van der Waals surface area (Å²) in [6.45, 7) is 2.57. The minimum atomic E-state index is -0.460. The number of hydrogen-bond donors (Lipinski definition) is 1. The molecule has 1 aliphatic carbocycles. The lowest BCUT2D eigenvalue weighted by molar-refractivity contribution is 0.305. The number of aryl methyl sites for hydroxylation is 1. The average Bonchev–Trinajstić information content (AvgIpc) is 3.32. The van der Waals surface area contributed by atoms with Crippen molar-refractivity contribution >= 4 is 12.4 Å². The lowest BCUT2D eigenvalue weighted by Gasteiger charge is -2.17. The van der Waals surface area contributed by atoms with Crippen LogP contribution in [0.3, 0.4) is 0 Å². The van der Waals surface area contributed by atoms with Gasteiger partial charge in [-0.25, -0.2) is 0 Å². The first kappa shape index (κ1) is 19.4. The van der Waals surface area contributed by atoms with Crippen LogP contribution in [0, 0.1) is 6.92 Å². The van der Waals surface area contributed by atoms with Crippen molar-refractivity contribution in [1.82, 2.24) is 10.1 Å². The van der Waals surface area contributed by atoms with Gasteiger partial charge in [-0.05, 0) is 43.0 Å². The third-order valence-electron chi connectivity index (χ3n) is 5.13. The predicted molar refractivity (Wildman–Crippen MR) is 107 cm³/mol. The highest BCUT2D eigenvalue weighted by molar-refractivity contribution is 5.85. The van der Waals surface area contributed by atoms with Gasteiger partial charge in [0, 0.05) is 0 Å². The van der Waals surface area contributed by atoms with Gasteiger partial charge in [-0.1, -0.05) is 54.4 Å². The largest absolute Gasteiger partial charge is 0.488 e. The molecule has 1 aromatic heterocycles. The molecule has 142 valence electrons. The summed E-state index contributed by atoms with van der Waals surface area (Å²) in [6, 6.07) is 15.9. The van der Waals surface area contributed by atoms with Crippen LogP contribution in [0.4, 0.5) is 0 Å². The van der Waals surface area contributed by atoms with E-state index in [1.165, 1.54) is 5.56 Å². The first-order valence-corrected chi connectivity index (χ1v) is 9.05. The molecule has 0 amide bonds. The summed E-state index contributed by atoms with van der Waals surface area (Å²) in [5.74, 6) is 1.78. The van der Waals surface area contributed by atoms with Gasteiger partial charge in [0.15, 0.2) is 5.82 Å². The van der Waals surface area contributed by atoms with E-state index in [-0.39, 0.29) is 12.4 Å². The number of benzene rings is 2. The number of aromatic nitrogens is 2. The van der Waals surface area contributed by atoms with Gasteiger partial charge < -0.3 is 15.0 Å². The highest BCUT2D eigenvalue weighted by Crippen LogP contribution is 2.36. The number of hydrogen-bond acceptors (Lipinski definition) is 5. The van der Waals surface area contributed by atoms with Crippen LogP contribution in [-0.2, 0) is 12.1 Å². The van der Waals surface area contributed by atoms with E-state index in [2.05, 4.69) is 29.2 Å². The SMILES string of the molecule is Cc1ccccc1COc1ccccc1-c1nc(C2(N)CCCC2)no1.Cl. The van der Waals surface area contributed by atoms with E-state index >= 15 is 0 Å². The molecule has 1 heterocycles. The maximum Gasteiger partial charge on any atom is 0.261 e.